The molecule has 0 saturated carbocycles. The third kappa shape index (κ3) is 9.16. The van der Waals surface area contributed by atoms with Gasteiger partial charge in [-0.05, 0) is 82.8 Å². The minimum atomic E-state index is -2.16. The second-order valence-electron chi connectivity index (χ2n) is 18.4. The number of esters is 2. The first-order valence-electron chi connectivity index (χ1n) is 24.1. The molecule has 4 N–H and O–H groups in total. The van der Waals surface area contributed by atoms with Gasteiger partial charge in [-0.25, -0.2) is 14.5 Å². The fourth-order valence-electron chi connectivity index (χ4n) is 10.8. The van der Waals surface area contributed by atoms with Crippen LogP contribution in [0.4, 0.5) is 21.9 Å². The van der Waals surface area contributed by atoms with Crippen molar-refractivity contribution in [1.29, 1.82) is 0 Å². The summed E-state index contributed by atoms with van der Waals surface area (Å²) in [5, 5.41) is 25.4. The smallest absolute Gasteiger partial charge is 0.329 e. The van der Waals surface area contributed by atoms with E-state index in [0.717, 1.165) is 10.6 Å². The van der Waals surface area contributed by atoms with Gasteiger partial charge in [0, 0.05) is 36.4 Å². The Labute approximate surface area is 417 Å². The van der Waals surface area contributed by atoms with Gasteiger partial charge in [-0.1, -0.05) is 98.5 Å². The molecule has 0 unspecified atom stereocenters. The third-order valence-electron chi connectivity index (χ3n) is 13.9. The van der Waals surface area contributed by atoms with Crippen molar-refractivity contribution in [3.63, 3.8) is 0 Å². The molecule has 9 rings (SSSR count). The molecule has 72 heavy (non-hydrogen) atoms. The first-order valence-corrected chi connectivity index (χ1v) is 24.1. The van der Waals surface area contributed by atoms with Crippen LogP contribution in [0.1, 0.15) is 66.3 Å². The highest BCUT2D eigenvalue weighted by molar-refractivity contribution is 6.25. The highest BCUT2D eigenvalue weighted by atomic mass is 16.6. The fraction of sp³-hybridized carbons (Fsp3) is 0.339. The van der Waals surface area contributed by atoms with Crippen LogP contribution in [-0.2, 0) is 38.8 Å². The molecule has 4 aliphatic heterocycles. The molecule has 1 spiro atoms. The number of nitrogens with zero attached hydrogens (tertiary/aromatic N) is 3. The maximum Gasteiger partial charge on any atom is 0.329 e. The van der Waals surface area contributed by atoms with Crippen LogP contribution in [0.2, 0.25) is 0 Å². The number of fused-ring (bicyclic) bond motifs is 3. The summed E-state index contributed by atoms with van der Waals surface area (Å²) >= 11 is 0. The monoisotopic (exact) mass is 975 g/mol. The molecule has 16 nitrogen and oxygen atoms in total. The molecule has 5 aromatic rings. The van der Waals surface area contributed by atoms with Crippen LogP contribution in [0.5, 0.6) is 5.75 Å². The number of amides is 4. The third-order valence-corrected chi connectivity index (χ3v) is 13.9. The van der Waals surface area contributed by atoms with Crippen LogP contribution < -0.4 is 25.2 Å². The van der Waals surface area contributed by atoms with Gasteiger partial charge in [-0.3, -0.25) is 19.3 Å². The molecule has 4 amide bonds. The second kappa shape index (κ2) is 21.4. The summed E-state index contributed by atoms with van der Waals surface area (Å²) in [7, 11) is 1.20. The van der Waals surface area contributed by atoms with Crippen LogP contribution in [0.3, 0.4) is 0 Å². The molecule has 4 aliphatic rings. The number of anilines is 3. The molecule has 7 atom stereocenters. The van der Waals surface area contributed by atoms with Crippen molar-refractivity contribution in [2.45, 2.75) is 56.0 Å². The van der Waals surface area contributed by atoms with Crippen LogP contribution in [0, 0.1) is 23.7 Å². The SMILES string of the molecule is COC(=O)[C@@H](NC(=O)N1C(=O)[C@@]2(c3cc(C#CCCO)ccc31)[C@H](C(=O)Nc1ccc(N3CCOCC3)cc1)[C@H]1C(=O)O[C@H](c3ccccc3)[C@H](c3ccccc3)N1[C@@H]2c1cccc(OCCO)c1)C(C)C. The fourth-order valence-corrected chi connectivity index (χ4v) is 10.8. The number of hydrogen-bond donors (Lipinski definition) is 4. The van der Waals surface area contributed by atoms with E-state index in [4.69, 9.17) is 18.9 Å². The molecule has 0 radical (unpaired) electrons. The molecule has 372 valence electrons. The van der Waals surface area contributed by atoms with Crippen molar-refractivity contribution in [3.8, 4) is 17.6 Å². The molecule has 16 heteroatoms. The first-order chi connectivity index (χ1) is 35.0. The van der Waals surface area contributed by atoms with Crippen molar-refractivity contribution in [2.75, 3.05) is 68.4 Å². The van der Waals surface area contributed by atoms with Gasteiger partial charge >= 0.3 is 18.0 Å². The Morgan fingerprint density at radius 1 is 0.819 bits per heavy atom. The maximum atomic E-state index is 16.7. The van der Waals surface area contributed by atoms with Crippen molar-refractivity contribution in [1.82, 2.24) is 10.2 Å². The lowest BCUT2D eigenvalue weighted by atomic mass is 9.65. The van der Waals surface area contributed by atoms with Gasteiger partial charge in [0.1, 0.15) is 36.0 Å². The van der Waals surface area contributed by atoms with Crippen LogP contribution >= 0.6 is 0 Å². The number of urea groups is 1. The van der Waals surface area contributed by atoms with Crippen LogP contribution in [0.25, 0.3) is 0 Å². The number of ether oxygens (including phenoxy) is 4. The summed E-state index contributed by atoms with van der Waals surface area (Å²) in [6.07, 6.45) is -0.835. The molecule has 4 heterocycles. The summed E-state index contributed by atoms with van der Waals surface area (Å²) in [5.74, 6) is 1.18. The number of nitrogens with one attached hydrogen (secondary N) is 2. The minimum Gasteiger partial charge on any atom is -0.491 e. The lowest BCUT2D eigenvalue weighted by molar-refractivity contribution is -0.177. The van der Waals surface area contributed by atoms with E-state index in [9.17, 15) is 15.0 Å². The van der Waals surface area contributed by atoms with Crippen molar-refractivity contribution in [3.05, 3.63) is 155 Å². The van der Waals surface area contributed by atoms with E-state index in [1.807, 2.05) is 77.7 Å². The Hall–Kier alpha value is -7.55. The van der Waals surface area contributed by atoms with E-state index in [-0.39, 0.29) is 37.5 Å². The number of aliphatic hydroxyl groups excluding tert-OH is 2. The van der Waals surface area contributed by atoms with Crippen LogP contribution in [-0.4, -0.2) is 110 Å². The average Bonchev–Trinajstić information content (AvgIpc) is 3.86. The van der Waals surface area contributed by atoms with Crippen molar-refractivity contribution >= 4 is 46.8 Å². The summed E-state index contributed by atoms with van der Waals surface area (Å²) in [5.41, 5.74) is 1.64. The Balaban J connectivity index is 1.33. The summed E-state index contributed by atoms with van der Waals surface area (Å²) in [6.45, 7) is 5.41. The van der Waals surface area contributed by atoms with Crippen LogP contribution in [0.15, 0.2) is 127 Å². The number of carbonyl (C=O) groups excluding carboxylic acids is 5. The van der Waals surface area contributed by atoms with Gasteiger partial charge in [-0.2, -0.15) is 0 Å². The van der Waals surface area contributed by atoms with E-state index >= 15 is 19.2 Å². The predicted molar refractivity (Wildman–Crippen MR) is 267 cm³/mol. The molecule has 0 bridgehead atoms. The molecular formula is C56H57N5O11. The standard InChI is InChI=1S/C56H57N5O11/c1-35(2)46(52(65)69-3)58-55(68)60-44-25-20-36(13-10-11-28-62)33-43(44)56(54(60)67)45(51(64)57-40-21-23-41(24-22-40)59-26-30-70-31-27-59)48-53(66)72-49(38-16-8-5-9-17-38)47(37-14-6-4-7-15-37)61(48)50(56)39-18-12-19-42(34-39)71-32-29-63/h4-9,12,14-25,33-35,45-50,62-63H,11,26-32H2,1-3H3,(H,57,64)(H,58,68)/t45-,46-,47-,48-,49+,50+,56-/m0/s1. The zero-order valence-corrected chi connectivity index (χ0v) is 40.2. The number of rotatable bonds is 13. The number of benzene rings is 5. The molecule has 0 aliphatic carbocycles. The highest BCUT2D eigenvalue weighted by Gasteiger charge is 2.75. The lowest BCUT2D eigenvalue weighted by Gasteiger charge is -2.46. The van der Waals surface area contributed by atoms with E-state index in [2.05, 4.69) is 27.4 Å². The predicted octanol–water partition coefficient (Wildman–Crippen LogP) is 5.84. The Morgan fingerprint density at radius 3 is 2.18 bits per heavy atom. The van der Waals surface area contributed by atoms with E-state index in [0.29, 0.717) is 60.0 Å². The molecule has 3 fully saturated rings. The Kier molecular flexibility index (Phi) is 14.7. The Bertz CT molecular complexity index is 2860. The second-order valence-corrected chi connectivity index (χ2v) is 18.4. The number of hydrogen-bond acceptors (Lipinski definition) is 13. The van der Waals surface area contributed by atoms with E-state index in [1.54, 1.807) is 68.4 Å². The summed E-state index contributed by atoms with van der Waals surface area (Å²) in [4.78, 5) is 81.6. The molecule has 5 aromatic carbocycles. The van der Waals surface area contributed by atoms with Crippen molar-refractivity contribution in [2.24, 2.45) is 11.8 Å². The number of morpholine rings is 2. The molecular weight excluding hydrogens is 919 g/mol. The minimum absolute atomic E-state index is 0.0567. The summed E-state index contributed by atoms with van der Waals surface area (Å²) in [6, 6.07) is 32.0. The average molecular weight is 976 g/mol. The van der Waals surface area contributed by atoms with Gasteiger partial charge in [0.25, 0.3) is 0 Å². The zero-order valence-electron chi connectivity index (χ0n) is 40.2. The number of cyclic esters (lactones) is 1. The normalized spacial score (nSPS) is 22.8. The number of methoxy groups -OCH3 is 1. The topological polar surface area (TPSA) is 197 Å². The van der Waals surface area contributed by atoms with Gasteiger partial charge in [0.05, 0.1) is 57.2 Å². The van der Waals surface area contributed by atoms with E-state index < -0.39 is 77.3 Å². The zero-order chi connectivity index (χ0) is 50.5. The Morgan fingerprint density at radius 2 is 1.51 bits per heavy atom. The number of carbonyl (C=O) groups is 5. The first kappa shape index (κ1) is 49.4. The number of aliphatic hydroxyl groups is 2. The maximum absolute atomic E-state index is 16.7. The van der Waals surface area contributed by atoms with Gasteiger partial charge in [-0.15, -0.1) is 0 Å². The largest absolute Gasteiger partial charge is 0.491 e. The molecule has 3 saturated heterocycles. The van der Waals surface area contributed by atoms with Gasteiger partial charge in [0.15, 0.2) is 0 Å². The van der Waals surface area contributed by atoms with Crippen molar-refractivity contribution < 1.29 is 53.1 Å². The van der Waals surface area contributed by atoms with Gasteiger partial charge in [0.2, 0.25) is 11.8 Å². The quantitative estimate of drug-likeness (QED) is 0.0813. The number of imide groups is 1. The highest BCUT2D eigenvalue weighted by Crippen LogP contribution is 2.66. The van der Waals surface area contributed by atoms with E-state index in [1.165, 1.54) is 7.11 Å². The molecule has 0 aromatic heterocycles. The van der Waals surface area contributed by atoms with Gasteiger partial charge < -0.3 is 44.7 Å². The lowest BCUT2D eigenvalue weighted by Crippen LogP contribution is -2.57. The summed E-state index contributed by atoms with van der Waals surface area (Å²) < 4.78 is 23.3.